The number of hydrogen-bond acceptors (Lipinski definition) is 4. The smallest absolute Gasteiger partial charge is 0.312 e. The number of ether oxygens (including phenoxy) is 1. The van der Waals surface area contributed by atoms with Gasteiger partial charge in [-0.1, -0.05) is 98.8 Å². The Bertz CT molecular complexity index is 1150. The fourth-order valence-corrected chi connectivity index (χ4v) is 4.64. The first-order valence-electron chi connectivity index (χ1n) is 13.2. The molecule has 3 N–H and O–H groups in total. The van der Waals surface area contributed by atoms with Crippen molar-refractivity contribution >= 4 is 12.0 Å². The third kappa shape index (κ3) is 9.34. The topological polar surface area (TPSA) is 84.7 Å². The molecule has 0 heterocycles. The first kappa shape index (κ1) is 28.9. The summed E-state index contributed by atoms with van der Waals surface area (Å²) in [5.41, 5.74) is 9.62. The van der Waals surface area contributed by atoms with Gasteiger partial charge in [-0.25, -0.2) is 4.79 Å². The van der Waals surface area contributed by atoms with E-state index in [1.54, 1.807) is 0 Å². The maximum absolute atomic E-state index is 13.6. The zero-order valence-electron chi connectivity index (χ0n) is 23.0. The number of nitrogens with zero attached hydrogens (tertiary/aromatic N) is 1. The number of esters is 1. The molecular weight excluding hydrogens is 474 g/mol. The third-order valence-electron chi connectivity index (χ3n) is 6.86. The lowest BCUT2D eigenvalue weighted by Crippen LogP contribution is -2.49. The predicted molar refractivity (Wildman–Crippen MR) is 153 cm³/mol. The van der Waals surface area contributed by atoms with E-state index in [-0.39, 0.29) is 18.0 Å². The van der Waals surface area contributed by atoms with E-state index in [0.29, 0.717) is 12.8 Å². The van der Waals surface area contributed by atoms with Gasteiger partial charge in [0.1, 0.15) is 6.61 Å². The van der Waals surface area contributed by atoms with Gasteiger partial charge in [-0.3, -0.25) is 4.79 Å². The molecule has 6 heteroatoms. The van der Waals surface area contributed by atoms with Crippen molar-refractivity contribution in [3.63, 3.8) is 0 Å². The minimum atomic E-state index is -0.640. The Morgan fingerprint density at radius 2 is 1.45 bits per heavy atom. The molecule has 3 aromatic rings. The van der Waals surface area contributed by atoms with Crippen LogP contribution < -0.4 is 11.1 Å². The third-order valence-corrected chi connectivity index (χ3v) is 6.86. The highest BCUT2D eigenvalue weighted by molar-refractivity contribution is 5.77. The van der Waals surface area contributed by atoms with Gasteiger partial charge in [0.05, 0.1) is 5.92 Å². The van der Waals surface area contributed by atoms with Crippen molar-refractivity contribution in [2.24, 2.45) is 17.1 Å². The van der Waals surface area contributed by atoms with Gasteiger partial charge in [-0.15, -0.1) is 0 Å². The summed E-state index contributed by atoms with van der Waals surface area (Å²) in [4.78, 5) is 27.8. The summed E-state index contributed by atoms with van der Waals surface area (Å²) >= 11 is 0. The second kappa shape index (κ2) is 13.8. The van der Waals surface area contributed by atoms with Crippen molar-refractivity contribution in [3.8, 4) is 11.1 Å². The van der Waals surface area contributed by atoms with Crippen molar-refractivity contribution in [2.75, 3.05) is 20.6 Å². The number of nitrogens with one attached hydrogen (secondary N) is 1. The second-order valence-electron chi connectivity index (χ2n) is 11.0. The fourth-order valence-electron chi connectivity index (χ4n) is 4.64. The highest BCUT2D eigenvalue weighted by atomic mass is 16.5. The predicted octanol–water partition coefficient (Wildman–Crippen LogP) is 5.66. The highest BCUT2D eigenvalue weighted by Gasteiger charge is 2.35. The summed E-state index contributed by atoms with van der Waals surface area (Å²) in [7, 11) is 4.08. The van der Waals surface area contributed by atoms with Gasteiger partial charge in [0, 0.05) is 6.04 Å². The molecule has 0 saturated carbocycles. The van der Waals surface area contributed by atoms with E-state index in [9.17, 15) is 9.59 Å². The molecule has 6 nitrogen and oxygen atoms in total. The molecule has 3 aromatic carbocycles. The molecule has 0 aliphatic heterocycles. The average molecular weight is 516 g/mol. The zero-order chi connectivity index (χ0) is 27.5. The highest BCUT2D eigenvalue weighted by Crippen LogP contribution is 2.31. The van der Waals surface area contributed by atoms with Gasteiger partial charge in [0.2, 0.25) is 0 Å². The summed E-state index contributed by atoms with van der Waals surface area (Å²) in [6.45, 7) is 5.40. The van der Waals surface area contributed by atoms with Crippen molar-refractivity contribution in [1.82, 2.24) is 10.2 Å². The Kier molecular flexibility index (Phi) is 10.5. The van der Waals surface area contributed by atoms with E-state index in [2.05, 4.69) is 48.3 Å². The molecule has 2 atom stereocenters. The van der Waals surface area contributed by atoms with Crippen LogP contribution in [0.1, 0.15) is 37.8 Å². The molecule has 0 spiro atoms. The molecule has 0 aliphatic rings. The van der Waals surface area contributed by atoms with Gasteiger partial charge in [0.15, 0.2) is 0 Å². The Labute approximate surface area is 227 Å². The van der Waals surface area contributed by atoms with E-state index in [0.717, 1.165) is 35.2 Å². The Balaban J connectivity index is 1.85. The van der Waals surface area contributed by atoms with E-state index >= 15 is 0 Å². The van der Waals surface area contributed by atoms with Gasteiger partial charge in [0.25, 0.3) is 0 Å². The quantitative estimate of drug-likeness (QED) is 0.288. The molecule has 0 saturated heterocycles. The number of hydrogen-bond donors (Lipinski definition) is 2. The van der Waals surface area contributed by atoms with Crippen LogP contribution in [0.25, 0.3) is 11.1 Å². The molecule has 0 aromatic heterocycles. The van der Waals surface area contributed by atoms with Crippen LogP contribution in [-0.4, -0.2) is 43.6 Å². The Morgan fingerprint density at radius 1 is 0.868 bits per heavy atom. The van der Waals surface area contributed by atoms with Crippen LogP contribution in [0.5, 0.6) is 0 Å². The number of carbonyl (C=O) groups excluding carboxylic acids is 2. The first-order valence-corrected chi connectivity index (χ1v) is 13.2. The molecule has 202 valence electrons. The fraction of sp³-hybridized carbons (Fsp3) is 0.375. The lowest BCUT2D eigenvalue weighted by atomic mass is 9.77. The minimum Gasteiger partial charge on any atom is -0.461 e. The van der Waals surface area contributed by atoms with Gasteiger partial charge < -0.3 is 20.7 Å². The molecule has 3 rings (SSSR count). The minimum absolute atomic E-state index is 0.132. The van der Waals surface area contributed by atoms with E-state index < -0.39 is 18.0 Å². The number of carbonyl (C=O) groups is 2. The number of primary amides is 1. The summed E-state index contributed by atoms with van der Waals surface area (Å²) < 4.78 is 5.79. The van der Waals surface area contributed by atoms with Crippen LogP contribution in [0.4, 0.5) is 4.79 Å². The second-order valence-corrected chi connectivity index (χ2v) is 11.0. The van der Waals surface area contributed by atoms with Gasteiger partial charge in [-0.05, 0) is 67.6 Å². The maximum atomic E-state index is 13.6. The maximum Gasteiger partial charge on any atom is 0.312 e. The number of urea groups is 1. The molecule has 1 unspecified atom stereocenters. The SMILES string of the molecule is CN(C)CCC(C)(C)CC(NC(N)=O)[C@H](Cc1ccc(-c2ccccc2)cc1)C(=O)OCc1ccccc1. The molecule has 0 radical (unpaired) electrons. The normalized spacial score (nSPS) is 13.1. The first-order chi connectivity index (χ1) is 18.1. The zero-order valence-corrected chi connectivity index (χ0v) is 23.0. The summed E-state index contributed by atoms with van der Waals surface area (Å²) in [6.07, 6.45) is 1.93. The average Bonchev–Trinajstić information content (AvgIpc) is 2.90. The van der Waals surface area contributed by atoms with Crippen molar-refractivity contribution in [3.05, 3.63) is 96.1 Å². The molecule has 0 aliphatic carbocycles. The van der Waals surface area contributed by atoms with Crippen LogP contribution in [0.3, 0.4) is 0 Å². The molecule has 0 bridgehead atoms. The van der Waals surface area contributed by atoms with Crippen molar-refractivity contribution in [2.45, 2.75) is 45.8 Å². The van der Waals surface area contributed by atoms with Crippen molar-refractivity contribution < 1.29 is 14.3 Å². The molecule has 0 fully saturated rings. The molecular formula is C32H41N3O3. The van der Waals surface area contributed by atoms with Gasteiger partial charge in [-0.2, -0.15) is 0 Å². The number of rotatable bonds is 13. The lowest BCUT2D eigenvalue weighted by Gasteiger charge is -2.34. The Hall–Kier alpha value is -3.64. The van der Waals surface area contributed by atoms with Crippen LogP contribution in [0.2, 0.25) is 0 Å². The summed E-state index contributed by atoms with van der Waals surface area (Å²) in [5.74, 6) is -0.935. The summed E-state index contributed by atoms with van der Waals surface area (Å²) in [6, 6.07) is 26.9. The largest absolute Gasteiger partial charge is 0.461 e. The Morgan fingerprint density at radius 3 is 2.03 bits per heavy atom. The van der Waals surface area contributed by atoms with Crippen LogP contribution in [0.15, 0.2) is 84.9 Å². The van der Waals surface area contributed by atoms with Crippen molar-refractivity contribution in [1.29, 1.82) is 0 Å². The lowest BCUT2D eigenvalue weighted by molar-refractivity contribution is -0.151. The standard InChI is InChI=1S/C32H41N3O3/c1-32(2,19-20-35(3)4)22-29(34-31(33)37)28(30(36)38-23-25-11-7-5-8-12-25)21-24-15-17-27(18-16-24)26-13-9-6-10-14-26/h5-18,28-29H,19-23H2,1-4H3,(H3,33,34,37)/t28-,29?/m0/s1. The number of benzene rings is 3. The molecule has 2 amide bonds. The summed E-state index contributed by atoms with van der Waals surface area (Å²) in [5, 5.41) is 2.88. The van der Waals surface area contributed by atoms with Crippen LogP contribution >= 0.6 is 0 Å². The van der Waals surface area contributed by atoms with E-state index in [1.165, 1.54) is 0 Å². The number of nitrogens with two attached hydrogens (primary N) is 1. The van der Waals surface area contributed by atoms with E-state index in [4.69, 9.17) is 10.5 Å². The van der Waals surface area contributed by atoms with Crippen LogP contribution in [0, 0.1) is 11.3 Å². The number of amides is 2. The monoisotopic (exact) mass is 515 g/mol. The van der Waals surface area contributed by atoms with Crippen LogP contribution in [-0.2, 0) is 22.6 Å². The molecule has 38 heavy (non-hydrogen) atoms. The van der Waals surface area contributed by atoms with E-state index in [1.807, 2.05) is 74.8 Å². The van der Waals surface area contributed by atoms with Gasteiger partial charge >= 0.3 is 12.0 Å².